The van der Waals surface area contributed by atoms with E-state index in [0.717, 1.165) is 62.9 Å². The smallest absolute Gasteiger partial charge is 0.327 e. The van der Waals surface area contributed by atoms with E-state index in [4.69, 9.17) is 9.47 Å². The molecule has 2 aromatic rings. The lowest BCUT2D eigenvalue weighted by Gasteiger charge is -2.43. The molecule has 188 valence electrons. The van der Waals surface area contributed by atoms with E-state index in [-0.39, 0.29) is 12.6 Å². The maximum absolute atomic E-state index is 13.3. The topological polar surface area (TPSA) is 76.1 Å². The number of carbonyl (C=O) groups is 2. The minimum Gasteiger partial charge on any atom is -0.493 e. The molecule has 0 bridgehead atoms. The molecule has 1 aliphatic heterocycles. The van der Waals surface area contributed by atoms with Gasteiger partial charge in [0.05, 0.1) is 19.1 Å². The van der Waals surface area contributed by atoms with Crippen molar-refractivity contribution >= 4 is 11.9 Å². The summed E-state index contributed by atoms with van der Waals surface area (Å²) in [6.45, 7) is 2.20. The molecule has 2 unspecified atom stereocenters. The molecule has 4 rings (SSSR count). The summed E-state index contributed by atoms with van der Waals surface area (Å²) in [7, 11) is 0. The number of esters is 1. The molecule has 2 fully saturated rings. The highest BCUT2D eigenvalue weighted by Crippen LogP contribution is 2.43. The van der Waals surface area contributed by atoms with Gasteiger partial charge >= 0.3 is 11.9 Å². The van der Waals surface area contributed by atoms with Crippen molar-refractivity contribution in [1.82, 2.24) is 4.90 Å². The summed E-state index contributed by atoms with van der Waals surface area (Å²) in [4.78, 5) is 27.4. The molecule has 1 N–H and O–H groups in total. The van der Waals surface area contributed by atoms with Gasteiger partial charge in [-0.05, 0) is 68.8 Å². The molecule has 1 aliphatic carbocycles. The largest absolute Gasteiger partial charge is 0.493 e. The Kier molecular flexibility index (Phi) is 8.80. The summed E-state index contributed by atoms with van der Waals surface area (Å²) >= 11 is 0. The molecule has 0 spiro atoms. The van der Waals surface area contributed by atoms with Crippen molar-refractivity contribution in [1.29, 1.82) is 0 Å². The molecular formula is C29H37NO5. The maximum atomic E-state index is 13.3. The van der Waals surface area contributed by atoms with Crippen LogP contribution in [0.25, 0.3) is 0 Å². The number of benzene rings is 2. The van der Waals surface area contributed by atoms with Gasteiger partial charge in [-0.1, -0.05) is 61.4 Å². The molecule has 1 heterocycles. The highest BCUT2D eigenvalue weighted by atomic mass is 16.5. The van der Waals surface area contributed by atoms with Gasteiger partial charge in [0, 0.05) is 6.42 Å². The van der Waals surface area contributed by atoms with Crippen molar-refractivity contribution in [3.05, 3.63) is 65.7 Å². The molecule has 2 aromatic carbocycles. The Morgan fingerprint density at radius 1 is 0.914 bits per heavy atom. The number of carbonyl (C=O) groups excluding carboxylic acids is 1. The first-order valence-corrected chi connectivity index (χ1v) is 13.0. The van der Waals surface area contributed by atoms with Crippen LogP contribution in [0.1, 0.15) is 56.1 Å². The summed E-state index contributed by atoms with van der Waals surface area (Å²) in [5.41, 5.74) is 1.44. The second kappa shape index (κ2) is 12.2. The standard InChI is InChI=1S/C29H37NO5/c31-27(32)25-14-9-18-29(25,30-19-7-2-8-20-30)28(33)35-22-10-21-34-26-15-6-5-13-24(26)17-16-23-11-3-1-4-12-23/h1,3-6,11-13,15,25H,2,7-10,14,16-22H2,(H,31,32). The number of likely N-dealkylation sites (tertiary alicyclic amines) is 1. The zero-order valence-electron chi connectivity index (χ0n) is 20.5. The Hall–Kier alpha value is -2.86. The van der Waals surface area contributed by atoms with Crippen LogP contribution in [-0.2, 0) is 27.2 Å². The Bertz CT molecular complexity index is 972. The number of nitrogens with zero attached hydrogens (tertiary/aromatic N) is 1. The Labute approximate surface area is 208 Å². The number of hydrogen-bond donors (Lipinski definition) is 1. The number of piperidine rings is 1. The van der Waals surface area contributed by atoms with Crippen molar-refractivity contribution in [3.63, 3.8) is 0 Å². The van der Waals surface area contributed by atoms with Crippen LogP contribution in [0.3, 0.4) is 0 Å². The Morgan fingerprint density at radius 2 is 1.66 bits per heavy atom. The molecule has 2 atom stereocenters. The van der Waals surface area contributed by atoms with E-state index in [1.807, 2.05) is 24.3 Å². The lowest BCUT2D eigenvalue weighted by atomic mass is 9.83. The van der Waals surface area contributed by atoms with Crippen LogP contribution in [0.4, 0.5) is 0 Å². The van der Waals surface area contributed by atoms with Crippen LogP contribution in [0.15, 0.2) is 54.6 Å². The first-order chi connectivity index (χ1) is 17.1. The number of para-hydroxylation sites is 1. The first kappa shape index (κ1) is 25.2. The quantitative estimate of drug-likeness (QED) is 0.365. The molecule has 1 saturated carbocycles. The predicted molar refractivity (Wildman–Crippen MR) is 134 cm³/mol. The monoisotopic (exact) mass is 479 g/mol. The van der Waals surface area contributed by atoms with Crippen LogP contribution in [0.2, 0.25) is 0 Å². The summed E-state index contributed by atoms with van der Waals surface area (Å²) in [6, 6.07) is 18.5. The summed E-state index contributed by atoms with van der Waals surface area (Å²) < 4.78 is 11.8. The van der Waals surface area contributed by atoms with Gasteiger partial charge in [-0.2, -0.15) is 0 Å². The minimum absolute atomic E-state index is 0.229. The molecule has 0 radical (unpaired) electrons. The highest BCUT2D eigenvalue weighted by Gasteiger charge is 2.57. The zero-order valence-corrected chi connectivity index (χ0v) is 20.5. The van der Waals surface area contributed by atoms with Crippen LogP contribution < -0.4 is 4.74 Å². The van der Waals surface area contributed by atoms with Crippen LogP contribution >= 0.6 is 0 Å². The third-order valence-corrected chi connectivity index (χ3v) is 7.48. The van der Waals surface area contributed by atoms with Crippen LogP contribution in [-0.4, -0.2) is 53.8 Å². The van der Waals surface area contributed by atoms with Gasteiger partial charge < -0.3 is 14.6 Å². The van der Waals surface area contributed by atoms with Crippen molar-refractivity contribution in [2.45, 2.75) is 63.3 Å². The maximum Gasteiger partial charge on any atom is 0.327 e. The van der Waals surface area contributed by atoms with Crippen molar-refractivity contribution in [3.8, 4) is 5.75 Å². The fraction of sp³-hybridized carbons (Fsp3) is 0.517. The van der Waals surface area contributed by atoms with Gasteiger partial charge in [0.15, 0.2) is 0 Å². The molecule has 2 aliphatic rings. The second-order valence-corrected chi connectivity index (χ2v) is 9.69. The third kappa shape index (κ3) is 6.04. The second-order valence-electron chi connectivity index (χ2n) is 9.69. The van der Waals surface area contributed by atoms with Gasteiger partial charge in [0.2, 0.25) is 0 Å². The molecular weight excluding hydrogens is 442 g/mol. The van der Waals surface area contributed by atoms with E-state index < -0.39 is 17.4 Å². The number of aliphatic carboxylic acids is 1. The summed E-state index contributed by atoms with van der Waals surface area (Å²) in [5.74, 6) is -1.09. The van der Waals surface area contributed by atoms with E-state index in [9.17, 15) is 14.7 Å². The Balaban J connectivity index is 1.29. The average molecular weight is 480 g/mol. The van der Waals surface area contributed by atoms with Crippen LogP contribution in [0, 0.1) is 5.92 Å². The van der Waals surface area contributed by atoms with E-state index >= 15 is 0 Å². The minimum atomic E-state index is -1.02. The lowest BCUT2D eigenvalue weighted by molar-refractivity contribution is -0.169. The molecule has 1 saturated heterocycles. The molecule has 0 amide bonds. The van der Waals surface area contributed by atoms with Gasteiger partial charge in [0.25, 0.3) is 0 Å². The van der Waals surface area contributed by atoms with E-state index in [1.165, 1.54) is 5.56 Å². The fourth-order valence-corrected chi connectivity index (χ4v) is 5.67. The number of rotatable bonds is 11. The van der Waals surface area contributed by atoms with Crippen molar-refractivity contribution in [2.24, 2.45) is 5.92 Å². The molecule has 6 nitrogen and oxygen atoms in total. The number of ether oxygens (including phenoxy) is 2. The zero-order chi connectivity index (χ0) is 24.5. The van der Waals surface area contributed by atoms with Gasteiger partial charge in [0.1, 0.15) is 11.3 Å². The number of carboxylic acid groups (broad SMARTS) is 1. The van der Waals surface area contributed by atoms with Gasteiger partial charge in [-0.15, -0.1) is 0 Å². The van der Waals surface area contributed by atoms with E-state index in [0.29, 0.717) is 25.9 Å². The number of aryl methyl sites for hydroxylation is 2. The number of carboxylic acids is 1. The highest BCUT2D eigenvalue weighted by molar-refractivity contribution is 5.89. The van der Waals surface area contributed by atoms with Crippen LogP contribution in [0.5, 0.6) is 5.75 Å². The molecule has 0 aromatic heterocycles. The lowest BCUT2D eigenvalue weighted by Crippen LogP contribution is -2.60. The van der Waals surface area contributed by atoms with Gasteiger partial charge in [-0.25, -0.2) is 0 Å². The Morgan fingerprint density at radius 3 is 2.43 bits per heavy atom. The summed E-state index contributed by atoms with van der Waals surface area (Å²) in [5, 5.41) is 9.85. The van der Waals surface area contributed by atoms with Crippen molar-refractivity contribution < 1.29 is 24.2 Å². The average Bonchev–Trinajstić information content (AvgIpc) is 3.36. The SMILES string of the molecule is O=C(O)C1CCCC1(C(=O)OCCCOc1ccccc1CCc1ccccc1)N1CCCCC1. The normalized spacial score (nSPS) is 22.6. The molecule has 35 heavy (non-hydrogen) atoms. The van der Waals surface area contributed by atoms with E-state index in [1.54, 1.807) is 0 Å². The fourth-order valence-electron chi connectivity index (χ4n) is 5.67. The van der Waals surface area contributed by atoms with E-state index in [2.05, 4.69) is 35.2 Å². The van der Waals surface area contributed by atoms with Gasteiger partial charge in [-0.3, -0.25) is 14.5 Å². The summed E-state index contributed by atoms with van der Waals surface area (Å²) in [6.07, 6.45) is 7.36. The van der Waals surface area contributed by atoms with Crippen molar-refractivity contribution in [2.75, 3.05) is 26.3 Å². The first-order valence-electron chi connectivity index (χ1n) is 13.0. The number of hydrogen-bond acceptors (Lipinski definition) is 5. The molecule has 6 heteroatoms. The third-order valence-electron chi connectivity index (χ3n) is 7.48. The predicted octanol–water partition coefficient (Wildman–Crippen LogP) is 4.89.